The fourth-order valence-corrected chi connectivity index (χ4v) is 1.62. The molecule has 0 fully saturated rings. The van der Waals surface area contributed by atoms with Crippen LogP contribution in [-0.4, -0.2) is 21.1 Å². The molecule has 6 heteroatoms. The third-order valence-corrected chi connectivity index (χ3v) is 2.65. The van der Waals surface area contributed by atoms with E-state index in [1.807, 2.05) is 24.3 Å². The predicted molar refractivity (Wildman–Crippen MR) is 72.1 cm³/mol. The summed E-state index contributed by atoms with van der Waals surface area (Å²) in [6, 6.07) is 9.06. The molecular weight excluding hydrogens is 248 g/mol. The first-order chi connectivity index (χ1) is 8.66. The SMILES string of the molecule is NC(=S)c1cccc(CNC(=O)c2ccn[nH]2)c1. The van der Waals surface area contributed by atoms with Crippen LogP contribution in [0.15, 0.2) is 36.5 Å². The molecule has 1 aromatic carbocycles. The number of nitrogens with zero attached hydrogens (tertiary/aromatic N) is 1. The Morgan fingerprint density at radius 1 is 1.44 bits per heavy atom. The number of benzene rings is 1. The molecule has 0 radical (unpaired) electrons. The number of carbonyl (C=O) groups excluding carboxylic acids is 1. The first kappa shape index (κ1) is 12.3. The zero-order valence-corrected chi connectivity index (χ0v) is 10.3. The fraction of sp³-hybridized carbons (Fsp3) is 0.0833. The standard InChI is InChI=1S/C12H12N4OS/c13-11(18)9-3-1-2-8(6-9)7-14-12(17)10-4-5-15-16-10/h1-6H,7H2,(H2,13,18)(H,14,17)(H,15,16). The van der Waals surface area contributed by atoms with Gasteiger partial charge in [0.05, 0.1) is 0 Å². The molecule has 0 unspecified atom stereocenters. The third kappa shape index (κ3) is 2.92. The Bertz CT molecular complexity index is 565. The molecule has 2 rings (SSSR count). The van der Waals surface area contributed by atoms with Gasteiger partial charge in [0.25, 0.3) is 5.91 Å². The van der Waals surface area contributed by atoms with Crippen molar-refractivity contribution >= 4 is 23.1 Å². The lowest BCUT2D eigenvalue weighted by Crippen LogP contribution is -2.23. The summed E-state index contributed by atoms with van der Waals surface area (Å²) in [7, 11) is 0. The number of thiocarbonyl (C=S) groups is 1. The van der Waals surface area contributed by atoms with E-state index in [1.54, 1.807) is 6.07 Å². The molecule has 0 saturated carbocycles. The topological polar surface area (TPSA) is 83.8 Å². The van der Waals surface area contributed by atoms with Gasteiger partial charge in [-0.15, -0.1) is 0 Å². The van der Waals surface area contributed by atoms with Crippen molar-refractivity contribution in [1.29, 1.82) is 0 Å². The number of nitrogens with one attached hydrogen (secondary N) is 2. The first-order valence-electron chi connectivity index (χ1n) is 5.33. The van der Waals surface area contributed by atoms with Crippen LogP contribution in [0.25, 0.3) is 0 Å². The lowest BCUT2D eigenvalue weighted by Gasteiger charge is -2.05. The van der Waals surface area contributed by atoms with Gasteiger partial charge in [-0.05, 0) is 17.7 Å². The van der Waals surface area contributed by atoms with E-state index in [0.717, 1.165) is 11.1 Å². The molecule has 1 heterocycles. The van der Waals surface area contributed by atoms with Crippen LogP contribution in [0.3, 0.4) is 0 Å². The van der Waals surface area contributed by atoms with Gasteiger partial charge in [0.15, 0.2) is 0 Å². The zero-order chi connectivity index (χ0) is 13.0. The summed E-state index contributed by atoms with van der Waals surface area (Å²) in [4.78, 5) is 12.0. The molecular formula is C12H12N4OS. The summed E-state index contributed by atoms with van der Waals surface area (Å²) in [6.07, 6.45) is 1.53. The molecule has 18 heavy (non-hydrogen) atoms. The van der Waals surface area contributed by atoms with Gasteiger partial charge in [-0.1, -0.05) is 30.4 Å². The highest BCUT2D eigenvalue weighted by Crippen LogP contribution is 2.05. The van der Waals surface area contributed by atoms with Crippen LogP contribution in [0.4, 0.5) is 0 Å². The molecule has 0 spiro atoms. The Kier molecular flexibility index (Phi) is 3.69. The average molecular weight is 260 g/mol. The van der Waals surface area contributed by atoms with E-state index < -0.39 is 0 Å². The summed E-state index contributed by atoms with van der Waals surface area (Å²) in [5.74, 6) is -0.201. The van der Waals surface area contributed by atoms with Gasteiger partial charge >= 0.3 is 0 Å². The number of nitrogens with two attached hydrogens (primary N) is 1. The molecule has 4 N–H and O–H groups in total. The van der Waals surface area contributed by atoms with E-state index in [-0.39, 0.29) is 5.91 Å². The Morgan fingerprint density at radius 3 is 2.94 bits per heavy atom. The number of rotatable bonds is 4. The van der Waals surface area contributed by atoms with Gasteiger partial charge in [-0.3, -0.25) is 9.89 Å². The van der Waals surface area contributed by atoms with Crippen LogP contribution in [0.5, 0.6) is 0 Å². The highest BCUT2D eigenvalue weighted by Gasteiger charge is 2.06. The van der Waals surface area contributed by atoms with Crippen LogP contribution < -0.4 is 11.1 Å². The summed E-state index contributed by atoms with van der Waals surface area (Å²) >= 11 is 4.90. The van der Waals surface area contributed by atoms with Crippen LogP contribution >= 0.6 is 12.2 Å². The second kappa shape index (κ2) is 5.42. The van der Waals surface area contributed by atoms with Gasteiger partial charge in [0.1, 0.15) is 10.7 Å². The summed E-state index contributed by atoms with van der Waals surface area (Å²) < 4.78 is 0. The van der Waals surface area contributed by atoms with E-state index >= 15 is 0 Å². The molecule has 0 saturated heterocycles. The smallest absolute Gasteiger partial charge is 0.269 e. The molecule has 0 aliphatic carbocycles. The maximum absolute atomic E-state index is 11.7. The highest BCUT2D eigenvalue weighted by molar-refractivity contribution is 7.80. The number of aromatic amines is 1. The average Bonchev–Trinajstić information content (AvgIpc) is 2.90. The monoisotopic (exact) mass is 260 g/mol. The third-order valence-electron chi connectivity index (χ3n) is 2.41. The fourth-order valence-electron chi connectivity index (χ4n) is 1.49. The van der Waals surface area contributed by atoms with E-state index in [9.17, 15) is 4.79 Å². The van der Waals surface area contributed by atoms with Crippen molar-refractivity contribution in [2.75, 3.05) is 0 Å². The van der Waals surface area contributed by atoms with Crippen molar-refractivity contribution in [3.05, 3.63) is 53.3 Å². The normalized spacial score (nSPS) is 10.0. The Morgan fingerprint density at radius 2 is 2.28 bits per heavy atom. The largest absolute Gasteiger partial charge is 0.389 e. The molecule has 1 amide bonds. The number of hydrogen-bond donors (Lipinski definition) is 3. The summed E-state index contributed by atoms with van der Waals surface area (Å²) in [6.45, 7) is 0.411. The van der Waals surface area contributed by atoms with Crippen molar-refractivity contribution in [2.45, 2.75) is 6.54 Å². The molecule has 0 aliphatic heterocycles. The van der Waals surface area contributed by atoms with Crippen molar-refractivity contribution < 1.29 is 4.79 Å². The van der Waals surface area contributed by atoms with E-state index in [4.69, 9.17) is 18.0 Å². The van der Waals surface area contributed by atoms with Crippen molar-refractivity contribution in [3.8, 4) is 0 Å². The Hall–Kier alpha value is -2.21. The molecule has 0 bridgehead atoms. The quantitative estimate of drug-likeness (QED) is 0.715. The minimum atomic E-state index is -0.201. The summed E-state index contributed by atoms with van der Waals surface area (Å²) in [5, 5.41) is 9.09. The van der Waals surface area contributed by atoms with E-state index in [2.05, 4.69) is 15.5 Å². The second-order valence-electron chi connectivity index (χ2n) is 3.72. The van der Waals surface area contributed by atoms with Crippen LogP contribution in [-0.2, 0) is 6.54 Å². The summed E-state index contributed by atoms with van der Waals surface area (Å²) in [5.41, 5.74) is 7.71. The maximum atomic E-state index is 11.7. The number of H-pyrrole nitrogens is 1. The van der Waals surface area contributed by atoms with E-state index in [0.29, 0.717) is 17.2 Å². The maximum Gasteiger partial charge on any atom is 0.269 e. The highest BCUT2D eigenvalue weighted by atomic mass is 32.1. The van der Waals surface area contributed by atoms with Crippen LogP contribution in [0.2, 0.25) is 0 Å². The minimum Gasteiger partial charge on any atom is -0.389 e. The second-order valence-corrected chi connectivity index (χ2v) is 4.16. The first-order valence-corrected chi connectivity index (χ1v) is 5.74. The molecule has 2 aromatic rings. The minimum absolute atomic E-state index is 0.201. The van der Waals surface area contributed by atoms with Crippen molar-refractivity contribution in [3.63, 3.8) is 0 Å². The molecule has 0 aliphatic rings. The number of amides is 1. The van der Waals surface area contributed by atoms with Crippen LogP contribution in [0, 0.1) is 0 Å². The number of hydrogen-bond acceptors (Lipinski definition) is 3. The van der Waals surface area contributed by atoms with Crippen molar-refractivity contribution in [1.82, 2.24) is 15.5 Å². The zero-order valence-electron chi connectivity index (χ0n) is 9.51. The Balaban J connectivity index is 2.00. The Labute approximate surface area is 109 Å². The van der Waals surface area contributed by atoms with E-state index in [1.165, 1.54) is 6.20 Å². The van der Waals surface area contributed by atoms with Gasteiger partial charge in [0.2, 0.25) is 0 Å². The lowest BCUT2D eigenvalue weighted by molar-refractivity contribution is 0.0946. The van der Waals surface area contributed by atoms with Gasteiger partial charge < -0.3 is 11.1 Å². The van der Waals surface area contributed by atoms with Gasteiger partial charge in [-0.2, -0.15) is 5.10 Å². The van der Waals surface area contributed by atoms with Gasteiger partial charge in [-0.25, -0.2) is 0 Å². The molecule has 1 aromatic heterocycles. The lowest BCUT2D eigenvalue weighted by atomic mass is 10.1. The number of carbonyl (C=O) groups is 1. The number of aromatic nitrogens is 2. The van der Waals surface area contributed by atoms with Crippen LogP contribution in [0.1, 0.15) is 21.6 Å². The van der Waals surface area contributed by atoms with Gasteiger partial charge in [0, 0.05) is 18.3 Å². The molecule has 0 atom stereocenters. The van der Waals surface area contributed by atoms with Crippen molar-refractivity contribution in [2.24, 2.45) is 5.73 Å². The molecule has 92 valence electrons. The predicted octanol–water partition coefficient (Wildman–Crippen LogP) is 0.974. The molecule has 5 nitrogen and oxygen atoms in total.